The first-order valence-electron chi connectivity index (χ1n) is 16.4. The molecule has 0 radical (unpaired) electrons. The zero-order chi connectivity index (χ0) is 26.6. The summed E-state index contributed by atoms with van der Waals surface area (Å²) in [6.45, 7) is 30.5. The first-order chi connectivity index (χ1) is 16.4. The molecule has 0 bridgehead atoms. The maximum absolute atomic E-state index is 2.76. The number of hydrogen-bond donors (Lipinski definition) is 0. The summed E-state index contributed by atoms with van der Waals surface area (Å²) in [4.78, 5) is 0. The van der Waals surface area contributed by atoms with Gasteiger partial charge < -0.3 is 0 Å². The molecule has 2 saturated carbocycles. The van der Waals surface area contributed by atoms with E-state index in [4.69, 9.17) is 0 Å². The summed E-state index contributed by atoms with van der Waals surface area (Å²) in [5.41, 5.74) is 1.10. The Morgan fingerprint density at radius 1 is 0.886 bits per heavy atom. The smallest absolute Gasteiger partial charge is 0.0266 e. The zero-order valence-electron chi connectivity index (χ0n) is 26.6. The van der Waals surface area contributed by atoms with Crippen LogP contribution >= 0.6 is 0 Å². The van der Waals surface area contributed by atoms with Crippen molar-refractivity contribution in [2.75, 3.05) is 0 Å². The molecule has 35 heavy (non-hydrogen) atoms. The molecule has 11 atom stereocenters. The van der Waals surface area contributed by atoms with Crippen molar-refractivity contribution in [3.8, 4) is 0 Å². The fourth-order valence-electron chi connectivity index (χ4n) is 10.1. The van der Waals surface area contributed by atoms with Gasteiger partial charge >= 0.3 is 0 Å². The highest BCUT2D eigenvalue weighted by Gasteiger charge is 2.56. The summed E-state index contributed by atoms with van der Waals surface area (Å²) in [7, 11) is 0. The van der Waals surface area contributed by atoms with Crippen LogP contribution in [0.1, 0.15) is 154 Å². The Morgan fingerprint density at radius 3 is 2.06 bits per heavy atom. The van der Waals surface area contributed by atoms with Crippen LogP contribution in [0.25, 0.3) is 0 Å². The molecule has 0 N–H and O–H groups in total. The minimum atomic E-state index is 0.511. The molecule has 0 amide bonds. The van der Waals surface area contributed by atoms with E-state index in [0.717, 1.165) is 59.2 Å². The molecule has 208 valence electrons. The Morgan fingerprint density at radius 2 is 1.54 bits per heavy atom. The molecule has 11 unspecified atom stereocenters. The molecule has 0 spiro atoms. The predicted molar refractivity (Wildman–Crippen MR) is 159 cm³/mol. The molecule has 2 rings (SSSR count). The number of hydrogen-bond acceptors (Lipinski definition) is 0. The fourth-order valence-corrected chi connectivity index (χ4v) is 10.1. The molecule has 0 heteroatoms. The van der Waals surface area contributed by atoms with Crippen LogP contribution in [0.3, 0.4) is 0 Å². The topological polar surface area (TPSA) is 0 Å². The SMILES string of the molecule is CCCC(C)CC(C)(C(C)CC)C1CCC2(C)C(CC(C)C(CC)C(C)C(C)C)CCC2C1CC. The summed E-state index contributed by atoms with van der Waals surface area (Å²) < 4.78 is 0. The molecule has 0 nitrogen and oxygen atoms in total. The van der Waals surface area contributed by atoms with E-state index in [2.05, 4.69) is 83.1 Å². The Labute approximate surface area is 223 Å². The van der Waals surface area contributed by atoms with Crippen molar-refractivity contribution in [3.63, 3.8) is 0 Å². The maximum Gasteiger partial charge on any atom is -0.0266 e. The lowest BCUT2D eigenvalue weighted by Gasteiger charge is -2.56. The minimum Gasteiger partial charge on any atom is -0.0654 e. The molecular formula is C35H68. The quantitative estimate of drug-likeness (QED) is 0.228. The lowest BCUT2D eigenvalue weighted by Crippen LogP contribution is -2.49. The average molecular weight is 489 g/mol. The largest absolute Gasteiger partial charge is 0.0654 e. The maximum atomic E-state index is 2.76. The summed E-state index contributed by atoms with van der Waals surface area (Å²) in [5, 5.41) is 0. The van der Waals surface area contributed by atoms with E-state index in [-0.39, 0.29) is 0 Å². The zero-order valence-corrected chi connectivity index (χ0v) is 26.6. The van der Waals surface area contributed by atoms with Crippen molar-refractivity contribution in [3.05, 3.63) is 0 Å². The van der Waals surface area contributed by atoms with Gasteiger partial charge in [-0.05, 0) is 109 Å². The molecule has 0 aromatic rings. The molecule has 0 saturated heterocycles. The van der Waals surface area contributed by atoms with Crippen LogP contribution in [0.5, 0.6) is 0 Å². The minimum absolute atomic E-state index is 0.511. The Bertz CT molecular complexity index is 605. The Balaban J connectivity index is 2.25. The van der Waals surface area contributed by atoms with Gasteiger partial charge in [-0.15, -0.1) is 0 Å². The van der Waals surface area contributed by atoms with Gasteiger partial charge in [-0.1, -0.05) is 115 Å². The van der Waals surface area contributed by atoms with Crippen LogP contribution in [-0.2, 0) is 0 Å². The van der Waals surface area contributed by atoms with Gasteiger partial charge in [0.1, 0.15) is 0 Å². The summed E-state index contributed by atoms with van der Waals surface area (Å²) in [5.74, 6) is 8.93. The molecule has 2 fully saturated rings. The Kier molecular flexibility index (Phi) is 11.8. The summed E-state index contributed by atoms with van der Waals surface area (Å²) >= 11 is 0. The van der Waals surface area contributed by atoms with Crippen molar-refractivity contribution in [1.82, 2.24) is 0 Å². The normalized spacial score (nSPS) is 35.2. The molecule has 0 heterocycles. The van der Waals surface area contributed by atoms with Crippen molar-refractivity contribution < 1.29 is 0 Å². The highest BCUT2D eigenvalue weighted by atomic mass is 14.6. The van der Waals surface area contributed by atoms with Crippen LogP contribution < -0.4 is 0 Å². The number of rotatable bonds is 14. The van der Waals surface area contributed by atoms with Gasteiger partial charge in [-0.25, -0.2) is 0 Å². The van der Waals surface area contributed by atoms with Crippen LogP contribution in [0.15, 0.2) is 0 Å². The van der Waals surface area contributed by atoms with Gasteiger partial charge in [0.05, 0.1) is 0 Å². The second-order valence-corrected chi connectivity index (χ2v) is 14.9. The van der Waals surface area contributed by atoms with Crippen LogP contribution in [0.2, 0.25) is 0 Å². The lowest BCUT2D eigenvalue weighted by molar-refractivity contribution is -0.0728. The van der Waals surface area contributed by atoms with Crippen molar-refractivity contribution in [1.29, 1.82) is 0 Å². The molecule has 2 aliphatic carbocycles. The molecule has 0 aliphatic heterocycles. The third-order valence-corrected chi connectivity index (χ3v) is 12.8. The lowest BCUT2D eigenvalue weighted by atomic mass is 9.49. The fraction of sp³-hybridized carbons (Fsp3) is 1.00. The van der Waals surface area contributed by atoms with E-state index < -0.39 is 0 Å². The van der Waals surface area contributed by atoms with Gasteiger partial charge in [-0.2, -0.15) is 0 Å². The molecule has 0 aromatic carbocycles. The van der Waals surface area contributed by atoms with E-state index in [1.807, 2.05) is 0 Å². The average Bonchev–Trinajstić information content (AvgIpc) is 3.13. The van der Waals surface area contributed by atoms with E-state index >= 15 is 0 Å². The predicted octanol–water partition coefficient (Wildman–Crippen LogP) is 11.7. The third kappa shape index (κ3) is 6.53. The monoisotopic (exact) mass is 489 g/mol. The van der Waals surface area contributed by atoms with Gasteiger partial charge in [0.25, 0.3) is 0 Å². The van der Waals surface area contributed by atoms with E-state index in [1.54, 1.807) is 0 Å². The summed E-state index contributed by atoms with van der Waals surface area (Å²) in [6.07, 6.45) is 15.8. The van der Waals surface area contributed by atoms with Crippen molar-refractivity contribution in [2.24, 2.45) is 70.0 Å². The molecule has 0 aromatic heterocycles. The first-order valence-corrected chi connectivity index (χ1v) is 16.4. The van der Waals surface area contributed by atoms with E-state index in [1.165, 1.54) is 70.6 Å². The highest BCUT2D eigenvalue weighted by Crippen LogP contribution is 2.65. The summed E-state index contributed by atoms with van der Waals surface area (Å²) in [6, 6.07) is 0. The van der Waals surface area contributed by atoms with E-state index in [9.17, 15) is 0 Å². The standard InChI is InChI=1S/C35H68/c1-13-17-25(7)23-35(12,27(9)14-2)33-20-21-34(11)29(18-19-32(34)31(33)16-4)22-26(8)30(15-3)28(10)24(5)6/h24-33H,13-23H2,1-12H3. The van der Waals surface area contributed by atoms with Gasteiger partial charge in [0.15, 0.2) is 0 Å². The van der Waals surface area contributed by atoms with Gasteiger partial charge in [0.2, 0.25) is 0 Å². The highest BCUT2D eigenvalue weighted by molar-refractivity contribution is 5.06. The number of fused-ring (bicyclic) bond motifs is 1. The van der Waals surface area contributed by atoms with E-state index in [0.29, 0.717) is 10.8 Å². The second kappa shape index (κ2) is 13.2. The van der Waals surface area contributed by atoms with Crippen molar-refractivity contribution in [2.45, 2.75) is 154 Å². The van der Waals surface area contributed by atoms with Gasteiger partial charge in [-0.3, -0.25) is 0 Å². The second-order valence-electron chi connectivity index (χ2n) is 14.9. The van der Waals surface area contributed by atoms with Gasteiger partial charge in [0, 0.05) is 0 Å². The van der Waals surface area contributed by atoms with Crippen molar-refractivity contribution >= 4 is 0 Å². The molecule has 2 aliphatic rings. The van der Waals surface area contributed by atoms with Crippen LogP contribution in [-0.4, -0.2) is 0 Å². The van der Waals surface area contributed by atoms with Crippen LogP contribution in [0.4, 0.5) is 0 Å². The third-order valence-electron chi connectivity index (χ3n) is 12.8. The van der Waals surface area contributed by atoms with Crippen LogP contribution in [0, 0.1) is 70.0 Å². The molecular weight excluding hydrogens is 420 g/mol. The first kappa shape index (κ1) is 31.2. The Hall–Kier alpha value is 0.